The summed E-state index contributed by atoms with van der Waals surface area (Å²) < 4.78 is 26.3. The maximum absolute atomic E-state index is 13.7. The molecule has 0 saturated carbocycles. The average molecular weight is 458 g/mol. The van der Waals surface area contributed by atoms with Crippen LogP contribution in [0.5, 0.6) is 5.88 Å². The number of hydrogen-bond donors (Lipinski definition) is 0. The lowest BCUT2D eigenvalue weighted by atomic mass is 10.0. The molecule has 0 aliphatic carbocycles. The summed E-state index contributed by atoms with van der Waals surface area (Å²) in [5.41, 5.74) is 1.48. The van der Waals surface area contributed by atoms with Crippen LogP contribution >= 0.6 is 0 Å². The standard InChI is InChI=1S/C28H24FNO4/c1-18(19-10-6-5-7-11-19)26(31)33-25-24(20-14-16-21(29)17-15-20)22-12-8-9-13-23(22)30(25)27(32)34-28(2,3)4/h5-17H,1H2,2-4H3. The van der Waals surface area contributed by atoms with Gasteiger partial charge in [-0.3, -0.25) is 0 Å². The number of ether oxygens (including phenoxy) is 2. The Morgan fingerprint density at radius 3 is 2.15 bits per heavy atom. The fourth-order valence-corrected chi connectivity index (χ4v) is 3.60. The van der Waals surface area contributed by atoms with Gasteiger partial charge in [0.15, 0.2) is 0 Å². The van der Waals surface area contributed by atoms with Gasteiger partial charge in [-0.1, -0.05) is 67.2 Å². The highest BCUT2D eigenvalue weighted by atomic mass is 19.1. The number of rotatable bonds is 4. The number of carbonyl (C=O) groups is 2. The molecule has 172 valence electrons. The van der Waals surface area contributed by atoms with Crippen LogP contribution in [-0.2, 0) is 9.53 Å². The molecule has 0 spiro atoms. The number of hydrogen-bond acceptors (Lipinski definition) is 4. The van der Waals surface area contributed by atoms with Crippen molar-refractivity contribution in [2.24, 2.45) is 0 Å². The molecule has 0 atom stereocenters. The van der Waals surface area contributed by atoms with Crippen LogP contribution in [0.2, 0.25) is 0 Å². The van der Waals surface area contributed by atoms with Crippen LogP contribution < -0.4 is 4.74 Å². The van der Waals surface area contributed by atoms with E-state index in [0.29, 0.717) is 27.6 Å². The second-order valence-corrected chi connectivity index (χ2v) is 8.75. The van der Waals surface area contributed by atoms with Crippen molar-refractivity contribution in [2.75, 3.05) is 0 Å². The highest BCUT2D eigenvalue weighted by Crippen LogP contribution is 2.41. The summed E-state index contributed by atoms with van der Waals surface area (Å²) in [7, 11) is 0. The zero-order valence-electron chi connectivity index (χ0n) is 19.2. The third-order valence-electron chi connectivity index (χ3n) is 5.10. The first kappa shape index (κ1) is 23.0. The van der Waals surface area contributed by atoms with E-state index in [1.165, 1.54) is 16.7 Å². The quantitative estimate of drug-likeness (QED) is 0.248. The van der Waals surface area contributed by atoms with Crippen molar-refractivity contribution in [3.63, 3.8) is 0 Å². The third kappa shape index (κ3) is 4.62. The zero-order chi connectivity index (χ0) is 24.5. The summed E-state index contributed by atoms with van der Waals surface area (Å²) in [4.78, 5) is 26.4. The fourth-order valence-electron chi connectivity index (χ4n) is 3.60. The number of halogens is 1. The number of carbonyl (C=O) groups excluding carboxylic acids is 2. The lowest BCUT2D eigenvalue weighted by molar-refractivity contribution is -0.128. The number of fused-ring (bicyclic) bond motifs is 1. The van der Waals surface area contributed by atoms with E-state index in [4.69, 9.17) is 9.47 Å². The summed E-state index contributed by atoms with van der Waals surface area (Å²) in [5.74, 6) is -1.15. The first-order valence-corrected chi connectivity index (χ1v) is 10.7. The van der Waals surface area contributed by atoms with E-state index >= 15 is 0 Å². The van der Waals surface area contributed by atoms with Gasteiger partial charge in [0, 0.05) is 5.39 Å². The number of benzene rings is 3. The largest absolute Gasteiger partial charge is 0.443 e. The minimum atomic E-state index is -0.784. The summed E-state index contributed by atoms with van der Waals surface area (Å²) in [6, 6.07) is 21.8. The summed E-state index contributed by atoms with van der Waals surface area (Å²) in [6.07, 6.45) is -0.704. The van der Waals surface area contributed by atoms with Gasteiger partial charge in [0.25, 0.3) is 0 Å². The van der Waals surface area contributed by atoms with Crippen LogP contribution in [0.3, 0.4) is 0 Å². The Morgan fingerprint density at radius 1 is 0.882 bits per heavy atom. The molecule has 4 rings (SSSR count). The molecule has 1 aromatic heterocycles. The molecule has 0 radical (unpaired) electrons. The molecule has 34 heavy (non-hydrogen) atoms. The molecule has 0 N–H and O–H groups in total. The molecule has 5 nitrogen and oxygen atoms in total. The third-order valence-corrected chi connectivity index (χ3v) is 5.10. The predicted molar refractivity (Wildman–Crippen MR) is 130 cm³/mol. The van der Waals surface area contributed by atoms with Crippen molar-refractivity contribution in [1.29, 1.82) is 0 Å². The zero-order valence-corrected chi connectivity index (χ0v) is 19.2. The molecule has 0 fully saturated rings. The van der Waals surface area contributed by atoms with Crippen LogP contribution in [0.15, 0.2) is 85.4 Å². The monoisotopic (exact) mass is 457 g/mol. The summed E-state index contributed by atoms with van der Waals surface area (Å²) in [6.45, 7) is 9.12. The number of esters is 1. The molecular weight excluding hydrogens is 433 g/mol. The number of aromatic nitrogens is 1. The van der Waals surface area contributed by atoms with E-state index in [0.717, 1.165) is 0 Å². The molecule has 4 aromatic rings. The number of para-hydroxylation sites is 1. The average Bonchev–Trinajstić information content (AvgIpc) is 3.12. The van der Waals surface area contributed by atoms with E-state index in [-0.39, 0.29) is 11.5 Å². The molecule has 0 amide bonds. The lowest BCUT2D eigenvalue weighted by Gasteiger charge is -2.21. The Balaban J connectivity index is 1.91. The Labute approximate surface area is 197 Å². The second kappa shape index (κ2) is 8.98. The Kier molecular flexibility index (Phi) is 6.07. The molecule has 0 aliphatic heterocycles. The Morgan fingerprint density at radius 2 is 1.50 bits per heavy atom. The van der Waals surface area contributed by atoms with Crippen LogP contribution in [0, 0.1) is 5.82 Å². The van der Waals surface area contributed by atoms with Crippen molar-refractivity contribution in [3.05, 3.63) is 96.8 Å². The van der Waals surface area contributed by atoms with E-state index in [1.54, 1.807) is 75.4 Å². The first-order valence-electron chi connectivity index (χ1n) is 10.7. The lowest BCUT2D eigenvalue weighted by Crippen LogP contribution is -2.28. The minimum absolute atomic E-state index is 0.0239. The van der Waals surface area contributed by atoms with Gasteiger partial charge >= 0.3 is 12.1 Å². The highest BCUT2D eigenvalue weighted by molar-refractivity contribution is 6.17. The fraction of sp³-hybridized carbons (Fsp3) is 0.143. The predicted octanol–water partition coefficient (Wildman–Crippen LogP) is 6.85. The van der Waals surface area contributed by atoms with Crippen molar-refractivity contribution in [3.8, 4) is 17.0 Å². The van der Waals surface area contributed by atoms with Crippen molar-refractivity contribution in [1.82, 2.24) is 4.57 Å². The van der Waals surface area contributed by atoms with Gasteiger partial charge < -0.3 is 9.47 Å². The molecule has 0 unspecified atom stereocenters. The maximum atomic E-state index is 13.7. The van der Waals surface area contributed by atoms with Gasteiger partial charge in [-0.15, -0.1) is 0 Å². The van der Waals surface area contributed by atoms with E-state index < -0.39 is 23.5 Å². The van der Waals surface area contributed by atoms with Gasteiger partial charge in [-0.2, -0.15) is 0 Å². The molecule has 1 heterocycles. The van der Waals surface area contributed by atoms with Crippen molar-refractivity contribution in [2.45, 2.75) is 26.4 Å². The van der Waals surface area contributed by atoms with Crippen molar-refractivity contribution < 1.29 is 23.5 Å². The SMILES string of the molecule is C=C(C(=O)Oc1c(-c2ccc(F)cc2)c2ccccc2n1C(=O)OC(C)(C)C)c1ccccc1. The molecule has 0 saturated heterocycles. The minimum Gasteiger partial charge on any atom is -0.443 e. The first-order chi connectivity index (χ1) is 16.2. The smallest absolute Gasteiger partial charge is 0.421 e. The second-order valence-electron chi connectivity index (χ2n) is 8.75. The van der Waals surface area contributed by atoms with E-state index in [1.807, 2.05) is 12.1 Å². The molecule has 0 aliphatic rings. The normalized spacial score (nSPS) is 11.3. The molecule has 3 aromatic carbocycles. The van der Waals surface area contributed by atoms with Gasteiger partial charge in [0.2, 0.25) is 5.88 Å². The topological polar surface area (TPSA) is 57.5 Å². The van der Waals surface area contributed by atoms with Crippen molar-refractivity contribution >= 4 is 28.5 Å². The van der Waals surface area contributed by atoms with Crippen LogP contribution in [0.1, 0.15) is 26.3 Å². The van der Waals surface area contributed by atoms with E-state index in [9.17, 15) is 14.0 Å². The van der Waals surface area contributed by atoms with Gasteiger partial charge in [-0.25, -0.2) is 18.5 Å². The Hall–Kier alpha value is -4.19. The summed E-state index contributed by atoms with van der Waals surface area (Å²) in [5, 5.41) is 0.646. The van der Waals surface area contributed by atoms with Gasteiger partial charge in [0.05, 0.1) is 16.7 Å². The highest BCUT2D eigenvalue weighted by Gasteiger charge is 2.29. The van der Waals surface area contributed by atoms with E-state index in [2.05, 4.69) is 6.58 Å². The molecule has 0 bridgehead atoms. The summed E-state index contributed by atoms with van der Waals surface area (Å²) >= 11 is 0. The van der Waals surface area contributed by atoms with Gasteiger partial charge in [-0.05, 0) is 50.1 Å². The molecule has 6 heteroatoms. The molecular formula is C28H24FNO4. The Bertz CT molecular complexity index is 1380. The van der Waals surface area contributed by atoms with Crippen LogP contribution in [0.4, 0.5) is 9.18 Å². The maximum Gasteiger partial charge on any atom is 0.421 e. The number of nitrogens with zero attached hydrogens (tertiary/aromatic N) is 1. The van der Waals surface area contributed by atoms with Crippen LogP contribution in [0.25, 0.3) is 27.6 Å². The van der Waals surface area contributed by atoms with Crippen LogP contribution in [-0.4, -0.2) is 22.2 Å². The van der Waals surface area contributed by atoms with Gasteiger partial charge in [0.1, 0.15) is 11.4 Å².